The van der Waals surface area contributed by atoms with Gasteiger partial charge in [-0.1, -0.05) is 34.1 Å². The second kappa shape index (κ2) is 13.8. The fourth-order valence-electron chi connectivity index (χ4n) is 6.55. The van der Waals surface area contributed by atoms with E-state index in [1.54, 1.807) is 0 Å². The van der Waals surface area contributed by atoms with Gasteiger partial charge in [-0.2, -0.15) is 15.0 Å². The van der Waals surface area contributed by atoms with Crippen LogP contribution in [0.3, 0.4) is 0 Å². The quantitative estimate of drug-likeness (QED) is 0.415. The summed E-state index contributed by atoms with van der Waals surface area (Å²) in [4.78, 5) is 30.5. The molecule has 3 saturated heterocycles. The number of hydrogen-bond donors (Lipinski definition) is 0. The van der Waals surface area contributed by atoms with Crippen LogP contribution in [0.4, 0.5) is 17.8 Å². The Morgan fingerprint density at radius 3 is 1.26 bits per heavy atom. The number of piperazine rings is 3. The largest absolute Gasteiger partial charge is 0.338 e. The third-order valence-corrected chi connectivity index (χ3v) is 10.1. The molecule has 1 aromatic heterocycles. The van der Waals surface area contributed by atoms with Crippen LogP contribution in [-0.4, -0.2) is 126 Å². The van der Waals surface area contributed by atoms with Crippen LogP contribution in [0.25, 0.3) is 0 Å². The van der Waals surface area contributed by atoms with Gasteiger partial charge in [0.2, 0.25) is 17.8 Å². The average molecular weight is 544 g/mol. The molecule has 0 aromatic carbocycles. The minimum absolute atomic E-state index is 0.293. The molecule has 3 aliphatic rings. The summed E-state index contributed by atoms with van der Waals surface area (Å²) in [5.41, 5.74) is 0.293. The molecule has 9 nitrogen and oxygen atoms in total. The van der Waals surface area contributed by atoms with E-state index in [9.17, 15) is 0 Å². The lowest BCUT2D eigenvalue weighted by Gasteiger charge is -2.46. The van der Waals surface area contributed by atoms with E-state index in [2.05, 4.69) is 77.9 Å². The minimum atomic E-state index is 0.293. The third kappa shape index (κ3) is 7.14. The van der Waals surface area contributed by atoms with Crippen molar-refractivity contribution in [1.29, 1.82) is 0 Å². The van der Waals surface area contributed by atoms with Crippen LogP contribution in [0.2, 0.25) is 0 Å². The van der Waals surface area contributed by atoms with Gasteiger partial charge in [-0.25, -0.2) is 0 Å². The predicted octanol–water partition coefficient (Wildman–Crippen LogP) is 3.80. The standard InChI is InChI=1S/C30H57N9/c1-8-12-30(7,11-4)39-23-21-38(22-24-39)29-32-27(36-17-13-34(14-18-36)25(5)9-2)31-28(33-29)37-19-15-35(16-20-37)26(6)10-3/h25-26H,8-24H2,1-7H3. The second-order valence-corrected chi connectivity index (χ2v) is 12.4. The molecule has 3 fully saturated rings. The number of aromatic nitrogens is 3. The van der Waals surface area contributed by atoms with E-state index in [4.69, 9.17) is 15.0 Å². The van der Waals surface area contributed by atoms with Crippen molar-refractivity contribution in [3.63, 3.8) is 0 Å². The maximum atomic E-state index is 5.12. The molecule has 3 atom stereocenters. The Morgan fingerprint density at radius 2 is 0.949 bits per heavy atom. The average Bonchev–Trinajstić information content (AvgIpc) is 3.00. The Kier molecular flexibility index (Phi) is 10.7. The van der Waals surface area contributed by atoms with Crippen molar-refractivity contribution in [1.82, 2.24) is 29.7 Å². The second-order valence-electron chi connectivity index (χ2n) is 12.4. The van der Waals surface area contributed by atoms with Crippen LogP contribution in [0.15, 0.2) is 0 Å². The first-order valence-electron chi connectivity index (χ1n) is 16.1. The predicted molar refractivity (Wildman–Crippen MR) is 164 cm³/mol. The summed E-state index contributed by atoms with van der Waals surface area (Å²) in [5, 5.41) is 0. The maximum absolute atomic E-state index is 5.12. The van der Waals surface area contributed by atoms with Gasteiger partial charge in [-0.15, -0.1) is 0 Å². The lowest BCUT2D eigenvalue weighted by Crippen LogP contribution is -2.56. The lowest BCUT2D eigenvalue weighted by molar-refractivity contribution is 0.0823. The smallest absolute Gasteiger partial charge is 0.232 e. The van der Waals surface area contributed by atoms with Gasteiger partial charge in [0, 0.05) is 96.2 Å². The van der Waals surface area contributed by atoms with Gasteiger partial charge in [0.05, 0.1) is 0 Å². The van der Waals surface area contributed by atoms with Crippen LogP contribution in [0.5, 0.6) is 0 Å². The molecule has 0 saturated carbocycles. The topological polar surface area (TPSA) is 58.1 Å². The summed E-state index contributed by atoms with van der Waals surface area (Å²) in [6, 6.07) is 1.27. The Balaban J connectivity index is 1.51. The molecule has 0 aliphatic carbocycles. The summed E-state index contributed by atoms with van der Waals surface area (Å²) in [6.45, 7) is 28.7. The molecule has 9 heteroatoms. The van der Waals surface area contributed by atoms with E-state index in [1.165, 1.54) is 32.1 Å². The monoisotopic (exact) mass is 543 g/mol. The molecule has 1 aromatic rings. The maximum Gasteiger partial charge on any atom is 0.232 e. The molecule has 0 amide bonds. The van der Waals surface area contributed by atoms with Gasteiger partial charge in [-0.3, -0.25) is 14.7 Å². The number of hydrogen-bond acceptors (Lipinski definition) is 9. The van der Waals surface area contributed by atoms with E-state index in [-0.39, 0.29) is 0 Å². The summed E-state index contributed by atoms with van der Waals surface area (Å²) in [6.07, 6.45) is 6.09. The molecule has 0 spiro atoms. The van der Waals surface area contributed by atoms with E-state index in [0.717, 1.165) is 96.4 Å². The molecule has 0 N–H and O–H groups in total. The number of rotatable bonds is 11. The Hall–Kier alpha value is -1.71. The van der Waals surface area contributed by atoms with Crippen LogP contribution in [-0.2, 0) is 0 Å². The molecule has 0 radical (unpaired) electrons. The van der Waals surface area contributed by atoms with Gasteiger partial charge < -0.3 is 14.7 Å². The van der Waals surface area contributed by atoms with Crippen LogP contribution in [0.1, 0.15) is 80.6 Å². The van der Waals surface area contributed by atoms with Crippen molar-refractivity contribution in [2.24, 2.45) is 0 Å². The van der Waals surface area contributed by atoms with Crippen molar-refractivity contribution < 1.29 is 0 Å². The van der Waals surface area contributed by atoms with Crippen LogP contribution in [0, 0.1) is 0 Å². The SMILES string of the molecule is CCCC(C)(CC)N1CCN(c2nc(N3CCN(C(C)CC)CC3)nc(N3CCN(C(C)CC)CC3)n2)CC1. The minimum Gasteiger partial charge on any atom is -0.338 e. The zero-order chi connectivity index (χ0) is 28.0. The van der Waals surface area contributed by atoms with Gasteiger partial charge >= 0.3 is 0 Å². The molecule has 3 unspecified atom stereocenters. The molecule has 4 heterocycles. The van der Waals surface area contributed by atoms with E-state index >= 15 is 0 Å². The normalized spacial score (nSPS) is 23.6. The molecule has 222 valence electrons. The van der Waals surface area contributed by atoms with E-state index in [0.29, 0.717) is 17.6 Å². The highest BCUT2D eigenvalue weighted by Crippen LogP contribution is 2.28. The van der Waals surface area contributed by atoms with Gasteiger partial charge in [0.15, 0.2) is 0 Å². The summed E-state index contributed by atoms with van der Waals surface area (Å²) < 4.78 is 0. The van der Waals surface area contributed by atoms with Crippen LogP contribution < -0.4 is 14.7 Å². The first-order valence-corrected chi connectivity index (χ1v) is 16.1. The van der Waals surface area contributed by atoms with Crippen molar-refractivity contribution in [3.8, 4) is 0 Å². The number of anilines is 3. The van der Waals surface area contributed by atoms with Gasteiger partial charge in [0.25, 0.3) is 0 Å². The molecule has 3 aliphatic heterocycles. The highest BCUT2D eigenvalue weighted by Gasteiger charge is 2.33. The first-order chi connectivity index (χ1) is 18.8. The first kappa shape index (κ1) is 30.3. The third-order valence-electron chi connectivity index (χ3n) is 10.1. The molecule has 4 rings (SSSR count). The van der Waals surface area contributed by atoms with E-state index in [1.807, 2.05) is 0 Å². The fourth-order valence-corrected chi connectivity index (χ4v) is 6.55. The van der Waals surface area contributed by atoms with Gasteiger partial charge in [0.1, 0.15) is 0 Å². The highest BCUT2D eigenvalue weighted by molar-refractivity contribution is 5.47. The number of nitrogens with zero attached hydrogens (tertiary/aromatic N) is 9. The Morgan fingerprint density at radius 1 is 0.590 bits per heavy atom. The molecular formula is C30H57N9. The van der Waals surface area contributed by atoms with Crippen molar-refractivity contribution >= 4 is 17.8 Å². The van der Waals surface area contributed by atoms with Crippen molar-refractivity contribution in [3.05, 3.63) is 0 Å². The molecular weight excluding hydrogens is 486 g/mol. The lowest BCUT2D eigenvalue weighted by atomic mass is 9.90. The molecule has 39 heavy (non-hydrogen) atoms. The summed E-state index contributed by atoms with van der Waals surface area (Å²) >= 11 is 0. The van der Waals surface area contributed by atoms with Crippen molar-refractivity contribution in [2.75, 3.05) is 93.2 Å². The summed E-state index contributed by atoms with van der Waals surface area (Å²) in [5.74, 6) is 2.61. The molecule has 0 bridgehead atoms. The summed E-state index contributed by atoms with van der Waals surface area (Å²) in [7, 11) is 0. The van der Waals surface area contributed by atoms with Gasteiger partial charge in [-0.05, 0) is 46.5 Å². The van der Waals surface area contributed by atoms with Crippen LogP contribution >= 0.6 is 0 Å². The Bertz CT molecular complexity index is 825. The Labute approximate surface area is 238 Å². The van der Waals surface area contributed by atoms with E-state index < -0.39 is 0 Å². The highest BCUT2D eigenvalue weighted by atomic mass is 15.4. The zero-order valence-electron chi connectivity index (χ0n) is 26.2. The zero-order valence-corrected chi connectivity index (χ0v) is 26.2. The fraction of sp³-hybridized carbons (Fsp3) is 0.900. The van der Waals surface area contributed by atoms with Crippen molar-refractivity contribution in [2.45, 2.75) is 98.2 Å².